The number of halogens is 3. The molecule has 41 heavy (non-hydrogen) atoms. The molecule has 1 N–H and O–H groups in total. The minimum absolute atomic E-state index is 0.0128. The number of ether oxygens (including phenoxy) is 3. The van der Waals surface area contributed by atoms with E-state index in [1.165, 1.54) is 0 Å². The standard InChI is InChI=1S/C29H42Cl3N2O7/c1-5-6-7-11-14-22(17-24(35)40-20-29(30,31)32)25(36)34(27(38)41-28(2,3)4)16-15-33-18-23(34)26(37)39-19-21-12-9-8-10-13-21/h8-10,12-13,22-23,33H,5-7,11,14-20H2,1-4H3/q+1/t22-,23?,34+/m1/s1. The average molecular weight is 637 g/mol. The second-order valence-electron chi connectivity index (χ2n) is 11.3. The van der Waals surface area contributed by atoms with Crippen molar-refractivity contribution >= 4 is 58.7 Å². The van der Waals surface area contributed by atoms with Gasteiger partial charge in [0.25, 0.3) is 0 Å². The topological polar surface area (TPSA) is 108 Å². The molecule has 0 aliphatic carbocycles. The summed E-state index contributed by atoms with van der Waals surface area (Å²) >= 11 is 17.2. The van der Waals surface area contributed by atoms with E-state index in [1.807, 2.05) is 30.3 Å². The molecule has 0 spiro atoms. The van der Waals surface area contributed by atoms with Gasteiger partial charge in [0.2, 0.25) is 9.83 Å². The van der Waals surface area contributed by atoms with Crippen LogP contribution in [0.2, 0.25) is 0 Å². The fourth-order valence-electron chi connectivity index (χ4n) is 4.69. The smallest absolute Gasteiger partial charge is 0.461 e. The van der Waals surface area contributed by atoms with Crippen LogP contribution in [0.1, 0.15) is 71.8 Å². The highest BCUT2D eigenvalue weighted by Crippen LogP contribution is 2.31. The molecule has 0 bridgehead atoms. The van der Waals surface area contributed by atoms with E-state index in [-0.39, 0.29) is 32.7 Å². The van der Waals surface area contributed by atoms with Crippen LogP contribution in [-0.2, 0) is 35.2 Å². The van der Waals surface area contributed by atoms with Gasteiger partial charge in [-0.25, -0.2) is 9.59 Å². The van der Waals surface area contributed by atoms with E-state index in [0.717, 1.165) is 24.8 Å². The van der Waals surface area contributed by atoms with Crippen LogP contribution in [0.4, 0.5) is 4.79 Å². The third kappa shape index (κ3) is 11.4. The second kappa shape index (κ2) is 16.1. The number of piperazine rings is 1. The second-order valence-corrected chi connectivity index (χ2v) is 13.8. The molecular weight excluding hydrogens is 595 g/mol. The van der Waals surface area contributed by atoms with E-state index in [1.54, 1.807) is 20.8 Å². The van der Waals surface area contributed by atoms with Gasteiger partial charge in [0.05, 0.1) is 18.9 Å². The third-order valence-corrected chi connectivity index (χ3v) is 7.01. The molecule has 3 atom stereocenters. The molecule has 2 rings (SSSR count). The molecule has 2 amide bonds. The van der Waals surface area contributed by atoms with Gasteiger partial charge in [-0.3, -0.25) is 4.79 Å². The highest BCUT2D eigenvalue weighted by atomic mass is 35.6. The van der Waals surface area contributed by atoms with E-state index in [9.17, 15) is 19.2 Å². The van der Waals surface area contributed by atoms with Crippen LogP contribution >= 0.6 is 34.8 Å². The Kier molecular flexibility index (Phi) is 13.8. The molecule has 1 aliphatic heterocycles. The highest BCUT2D eigenvalue weighted by Gasteiger charge is 2.60. The number of quaternary nitrogens is 1. The van der Waals surface area contributed by atoms with E-state index < -0.39 is 56.4 Å². The summed E-state index contributed by atoms with van der Waals surface area (Å²) < 4.78 is 13.7. The summed E-state index contributed by atoms with van der Waals surface area (Å²) in [6, 6.07) is 7.89. The number of alkyl halides is 3. The Morgan fingerprint density at radius 2 is 1.71 bits per heavy atom. The largest absolute Gasteiger partial charge is 0.524 e. The minimum Gasteiger partial charge on any atom is -0.461 e. The van der Waals surface area contributed by atoms with Gasteiger partial charge in [-0.05, 0) is 32.8 Å². The predicted molar refractivity (Wildman–Crippen MR) is 157 cm³/mol. The van der Waals surface area contributed by atoms with Crippen molar-refractivity contribution in [1.29, 1.82) is 0 Å². The lowest BCUT2D eigenvalue weighted by atomic mass is 9.93. The van der Waals surface area contributed by atoms with E-state index in [0.29, 0.717) is 12.8 Å². The summed E-state index contributed by atoms with van der Waals surface area (Å²) in [6.45, 7) is 6.85. The summed E-state index contributed by atoms with van der Waals surface area (Å²) in [5.74, 6) is -3.00. The Morgan fingerprint density at radius 1 is 1.02 bits per heavy atom. The quantitative estimate of drug-likeness (QED) is 0.0998. The van der Waals surface area contributed by atoms with Gasteiger partial charge < -0.3 is 19.5 Å². The van der Waals surface area contributed by atoms with E-state index >= 15 is 0 Å². The van der Waals surface area contributed by atoms with Crippen LogP contribution < -0.4 is 5.32 Å². The first kappa shape index (κ1) is 35.3. The number of imide groups is 1. The van der Waals surface area contributed by atoms with Crippen LogP contribution in [0.25, 0.3) is 0 Å². The van der Waals surface area contributed by atoms with Crippen LogP contribution in [0, 0.1) is 5.92 Å². The number of nitrogens with one attached hydrogen (secondary N) is 1. The average Bonchev–Trinajstić information content (AvgIpc) is 2.91. The maximum Gasteiger partial charge on any atom is 0.524 e. The minimum atomic E-state index is -1.81. The third-order valence-electron chi connectivity index (χ3n) is 6.68. The molecule has 1 saturated heterocycles. The zero-order valence-corrected chi connectivity index (χ0v) is 26.5. The Balaban J connectivity index is 2.44. The monoisotopic (exact) mass is 635 g/mol. The van der Waals surface area contributed by atoms with Crippen LogP contribution in [0.5, 0.6) is 0 Å². The van der Waals surface area contributed by atoms with Crippen LogP contribution in [0.15, 0.2) is 30.3 Å². The van der Waals surface area contributed by atoms with Crippen molar-refractivity contribution < 1.29 is 37.9 Å². The molecule has 0 radical (unpaired) electrons. The summed E-state index contributed by atoms with van der Waals surface area (Å²) in [4.78, 5) is 54.7. The van der Waals surface area contributed by atoms with Gasteiger partial charge in [0.1, 0.15) is 25.4 Å². The lowest BCUT2D eigenvalue weighted by molar-refractivity contribution is -0.806. The molecule has 230 valence electrons. The molecule has 9 nitrogen and oxygen atoms in total. The van der Waals surface area contributed by atoms with Crippen LogP contribution in [-0.4, -0.2) is 70.1 Å². The molecule has 0 saturated carbocycles. The first-order chi connectivity index (χ1) is 19.2. The summed E-state index contributed by atoms with van der Waals surface area (Å²) in [5, 5.41) is 3.11. The van der Waals surface area contributed by atoms with Gasteiger partial charge in [-0.1, -0.05) is 97.7 Å². The maximum absolute atomic E-state index is 14.5. The SMILES string of the molecule is CCCCCC[C@H](CC(=O)OCC(Cl)(Cl)Cl)C(=O)[N@+]1(C(=O)OC(C)(C)C)CCNCC1C(=O)OCc1ccccc1. The number of benzene rings is 1. The maximum atomic E-state index is 14.5. The van der Waals surface area contributed by atoms with Crippen molar-refractivity contribution in [2.45, 2.75) is 88.3 Å². The normalized spacial score (nSPS) is 20.1. The van der Waals surface area contributed by atoms with Gasteiger partial charge in [0, 0.05) is 6.54 Å². The number of unbranched alkanes of at least 4 members (excludes halogenated alkanes) is 3. The van der Waals surface area contributed by atoms with Crippen molar-refractivity contribution in [2.75, 3.05) is 26.2 Å². The van der Waals surface area contributed by atoms with Gasteiger partial charge >= 0.3 is 23.9 Å². The van der Waals surface area contributed by atoms with E-state index in [4.69, 9.17) is 49.0 Å². The predicted octanol–water partition coefficient (Wildman–Crippen LogP) is 5.87. The first-order valence-electron chi connectivity index (χ1n) is 14.0. The fraction of sp³-hybridized carbons (Fsp3) is 0.655. The van der Waals surface area contributed by atoms with Gasteiger partial charge in [-0.2, -0.15) is 4.79 Å². The molecule has 0 aromatic heterocycles. The lowest BCUT2D eigenvalue weighted by Crippen LogP contribution is -2.74. The summed E-state index contributed by atoms with van der Waals surface area (Å²) in [7, 11) is 0. The van der Waals surface area contributed by atoms with Crippen molar-refractivity contribution in [2.24, 2.45) is 5.92 Å². The molecule has 1 fully saturated rings. The highest BCUT2D eigenvalue weighted by molar-refractivity contribution is 6.67. The fourth-order valence-corrected chi connectivity index (χ4v) is 4.85. The number of amides is 2. The van der Waals surface area contributed by atoms with Gasteiger partial charge in [0.15, 0.2) is 0 Å². The zero-order valence-electron chi connectivity index (χ0n) is 24.3. The molecule has 12 heteroatoms. The number of hydrogen-bond acceptors (Lipinski definition) is 8. The van der Waals surface area contributed by atoms with Crippen molar-refractivity contribution in [3.05, 3.63) is 35.9 Å². The molecule has 1 aromatic carbocycles. The Bertz CT molecular complexity index is 1030. The Morgan fingerprint density at radius 3 is 2.32 bits per heavy atom. The first-order valence-corrected chi connectivity index (χ1v) is 15.1. The van der Waals surface area contributed by atoms with Crippen molar-refractivity contribution in [3.8, 4) is 0 Å². The molecule has 1 aromatic rings. The van der Waals surface area contributed by atoms with E-state index in [2.05, 4.69) is 12.2 Å². The van der Waals surface area contributed by atoms with Crippen LogP contribution in [0.3, 0.4) is 0 Å². The number of carbonyl (C=O) groups is 4. The summed E-state index contributed by atoms with van der Waals surface area (Å²) in [5.41, 5.74) is -0.178. The molecular formula is C29H42Cl3N2O7+. The number of carbonyl (C=O) groups excluding carboxylic acids is 4. The van der Waals surface area contributed by atoms with Crippen molar-refractivity contribution in [1.82, 2.24) is 5.32 Å². The number of esters is 2. The van der Waals surface area contributed by atoms with Crippen molar-refractivity contribution in [3.63, 3.8) is 0 Å². The summed E-state index contributed by atoms with van der Waals surface area (Å²) in [6.07, 6.45) is 2.50. The molecule has 1 heterocycles. The molecule has 1 aliphatic rings. The van der Waals surface area contributed by atoms with Gasteiger partial charge in [-0.15, -0.1) is 4.48 Å². The lowest BCUT2D eigenvalue weighted by Gasteiger charge is -2.42. The number of rotatable bonds is 12. The zero-order chi connectivity index (χ0) is 30.7. The Labute approximate surface area is 257 Å². The molecule has 1 unspecified atom stereocenters. The number of hydrogen-bond donors (Lipinski definition) is 1. The Hall–Kier alpha value is -1.91. The number of nitrogens with zero attached hydrogens (tertiary/aromatic N) is 1.